The maximum Gasteiger partial charge on any atom is 0.414 e. The number of H-pyrrole nitrogens is 1. The zero-order valence-electron chi connectivity index (χ0n) is 12.7. The number of nitrogens with one attached hydrogen (secondary N) is 1. The van der Waals surface area contributed by atoms with Gasteiger partial charge in [0.05, 0.1) is 0 Å². The number of carboxylic acid groups (broad SMARTS) is 2. The van der Waals surface area contributed by atoms with Gasteiger partial charge in [0.15, 0.2) is 0 Å². The van der Waals surface area contributed by atoms with E-state index in [2.05, 4.69) is 4.98 Å². The summed E-state index contributed by atoms with van der Waals surface area (Å²) in [4.78, 5) is 21.4. The molecule has 1 aromatic heterocycles. The number of carbonyl (C=O) groups is 2. The molecule has 0 radical (unpaired) electrons. The molecule has 6 nitrogen and oxygen atoms in total. The van der Waals surface area contributed by atoms with Gasteiger partial charge in [-0.15, -0.1) is 0 Å². The van der Waals surface area contributed by atoms with E-state index < -0.39 is 11.9 Å². The minimum Gasteiger partial charge on any atom is -0.473 e. The molecule has 0 amide bonds. The molecule has 7 heteroatoms. The molecule has 0 atom stereocenters. The topological polar surface area (TPSA) is 116 Å². The van der Waals surface area contributed by atoms with Crippen molar-refractivity contribution in [2.24, 2.45) is 5.73 Å². The normalized spacial score (nSPS) is 10.2. The lowest BCUT2D eigenvalue weighted by Crippen LogP contribution is -2.09. The molecule has 0 aliphatic carbocycles. The van der Waals surface area contributed by atoms with Crippen molar-refractivity contribution in [3.8, 4) is 0 Å². The van der Waals surface area contributed by atoms with Crippen molar-refractivity contribution in [2.75, 3.05) is 6.54 Å². The molecule has 2 aromatic rings. The van der Waals surface area contributed by atoms with Gasteiger partial charge in [-0.2, -0.15) is 0 Å². The number of hydrogen-bond donors (Lipinski definition) is 4. The Morgan fingerprint density at radius 2 is 1.74 bits per heavy atom. The van der Waals surface area contributed by atoms with E-state index in [9.17, 15) is 4.39 Å². The molecule has 0 bridgehead atoms. The molecule has 0 aliphatic rings. The zero-order chi connectivity index (χ0) is 17.2. The molecule has 0 fully saturated rings. The summed E-state index contributed by atoms with van der Waals surface area (Å²) in [6.45, 7) is 0.776. The second kappa shape index (κ2) is 9.58. The molecule has 0 saturated heterocycles. The smallest absolute Gasteiger partial charge is 0.414 e. The van der Waals surface area contributed by atoms with Crippen molar-refractivity contribution in [3.63, 3.8) is 0 Å². The summed E-state index contributed by atoms with van der Waals surface area (Å²) in [6, 6.07) is 4.90. The number of aliphatic carboxylic acids is 2. The van der Waals surface area contributed by atoms with Gasteiger partial charge in [-0.05, 0) is 49.6 Å². The van der Waals surface area contributed by atoms with Crippen LogP contribution >= 0.6 is 0 Å². The van der Waals surface area contributed by atoms with E-state index in [4.69, 9.17) is 25.5 Å². The van der Waals surface area contributed by atoms with Crippen LogP contribution in [-0.2, 0) is 16.0 Å². The highest BCUT2D eigenvalue weighted by molar-refractivity contribution is 6.27. The number of halogens is 1. The highest BCUT2D eigenvalue weighted by atomic mass is 19.1. The first kappa shape index (κ1) is 18.6. The van der Waals surface area contributed by atoms with E-state index in [0.717, 1.165) is 36.7 Å². The molecule has 2 rings (SSSR count). The van der Waals surface area contributed by atoms with Crippen LogP contribution in [0.5, 0.6) is 0 Å². The van der Waals surface area contributed by atoms with Crippen LogP contribution in [0.2, 0.25) is 0 Å². The van der Waals surface area contributed by atoms with Crippen molar-refractivity contribution in [1.82, 2.24) is 4.98 Å². The monoisotopic (exact) mass is 324 g/mol. The van der Waals surface area contributed by atoms with Gasteiger partial charge >= 0.3 is 11.9 Å². The highest BCUT2D eigenvalue weighted by Crippen LogP contribution is 2.21. The summed E-state index contributed by atoms with van der Waals surface area (Å²) in [5.74, 6) is -3.81. The van der Waals surface area contributed by atoms with Crippen LogP contribution in [-0.4, -0.2) is 33.7 Å². The van der Waals surface area contributed by atoms with Crippen molar-refractivity contribution in [2.45, 2.75) is 32.1 Å². The van der Waals surface area contributed by atoms with E-state index in [1.54, 1.807) is 12.1 Å². The Balaban J connectivity index is 0.000000379. The first-order chi connectivity index (χ1) is 11.0. The van der Waals surface area contributed by atoms with Crippen LogP contribution in [0.4, 0.5) is 4.39 Å². The van der Waals surface area contributed by atoms with Crippen LogP contribution < -0.4 is 5.73 Å². The van der Waals surface area contributed by atoms with E-state index in [1.807, 2.05) is 6.20 Å². The average molecular weight is 324 g/mol. The Hall–Kier alpha value is -2.41. The van der Waals surface area contributed by atoms with Gasteiger partial charge in [0.1, 0.15) is 5.82 Å². The quantitative estimate of drug-likeness (QED) is 0.481. The fourth-order valence-corrected chi connectivity index (χ4v) is 2.17. The van der Waals surface area contributed by atoms with E-state index in [0.29, 0.717) is 0 Å². The molecule has 5 N–H and O–H groups in total. The number of aromatic nitrogens is 1. The largest absolute Gasteiger partial charge is 0.473 e. The number of carboxylic acids is 2. The molecular weight excluding hydrogens is 303 g/mol. The van der Waals surface area contributed by atoms with Gasteiger partial charge in [0.2, 0.25) is 0 Å². The summed E-state index contributed by atoms with van der Waals surface area (Å²) >= 11 is 0. The van der Waals surface area contributed by atoms with Gasteiger partial charge in [-0.3, -0.25) is 0 Å². The summed E-state index contributed by atoms with van der Waals surface area (Å²) < 4.78 is 13.2. The number of aromatic amines is 1. The molecule has 0 saturated carbocycles. The number of aryl methyl sites for hydroxylation is 1. The van der Waals surface area contributed by atoms with Crippen LogP contribution in [0.1, 0.15) is 31.2 Å². The van der Waals surface area contributed by atoms with Gasteiger partial charge < -0.3 is 20.9 Å². The Bertz CT molecular complexity index is 643. The third-order valence-electron chi connectivity index (χ3n) is 3.31. The van der Waals surface area contributed by atoms with Crippen molar-refractivity contribution in [1.29, 1.82) is 0 Å². The maximum absolute atomic E-state index is 13.2. The molecule has 1 heterocycles. The minimum atomic E-state index is -1.82. The number of fused-ring (bicyclic) bond motifs is 1. The van der Waals surface area contributed by atoms with Gasteiger partial charge in [-0.25, -0.2) is 14.0 Å². The van der Waals surface area contributed by atoms with Crippen LogP contribution in [0.3, 0.4) is 0 Å². The van der Waals surface area contributed by atoms with Gasteiger partial charge in [-0.1, -0.05) is 12.8 Å². The molecule has 23 heavy (non-hydrogen) atoms. The predicted molar refractivity (Wildman–Crippen MR) is 84.8 cm³/mol. The lowest BCUT2D eigenvalue weighted by molar-refractivity contribution is -0.159. The third-order valence-corrected chi connectivity index (χ3v) is 3.31. The fourth-order valence-electron chi connectivity index (χ4n) is 2.17. The average Bonchev–Trinajstić information content (AvgIpc) is 2.90. The van der Waals surface area contributed by atoms with Gasteiger partial charge in [0, 0.05) is 17.1 Å². The Labute approximate surface area is 133 Å². The number of rotatable bonds is 6. The number of hydrogen-bond acceptors (Lipinski definition) is 3. The molecule has 126 valence electrons. The maximum atomic E-state index is 13.2. The zero-order valence-corrected chi connectivity index (χ0v) is 12.7. The standard InChI is InChI=1S/C14H19FN2.C2H2O4/c15-12-6-7-14-13(9-12)11(10-17-14)5-3-1-2-4-8-16;3-1(4)2(5)6/h6-7,9-10,17H,1-5,8,16H2;(H,3,4)(H,5,6). The van der Waals surface area contributed by atoms with E-state index in [1.165, 1.54) is 24.5 Å². The highest BCUT2D eigenvalue weighted by Gasteiger charge is 2.04. The Morgan fingerprint density at radius 3 is 2.35 bits per heavy atom. The Morgan fingerprint density at radius 1 is 1.09 bits per heavy atom. The van der Waals surface area contributed by atoms with Crippen LogP contribution in [0.25, 0.3) is 10.9 Å². The summed E-state index contributed by atoms with van der Waals surface area (Å²) in [7, 11) is 0. The van der Waals surface area contributed by atoms with Crippen molar-refractivity contribution < 1.29 is 24.2 Å². The predicted octanol–water partition coefficient (Wildman–Crippen LogP) is 2.52. The Kier molecular flexibility index (Phi) is 7.76. The summed E-state index contributed by atoms with van der Waals surface area (Å²) in [5, 5.41) is 15.8. The van der Waals surface area contributed by atoms with Crippen LogP contribution in [0.15, 0.2) is 24.4 Å². The molecule has 0 unspecified atom stereocenters. The SMILES string of the molecule is NCCCCCCc1c[nH]c2ccc(F)cc12.O=C(O)C(=O)O. The summed E-state index contributed by atoms with van der Waals surface area (Å²) in [5.41, 5.74) is 7.68. The first-order valence-corrected chi connectivity index (χ1v) is 7.37. The first-order valence-electron chi connectivity index (χ1n) is 7.37. The molecular formula is C16H21FN2O4. The second-order valence-corrected chi connectivity index (χ2v) is 5.07. The summed E-state index contributed by atoms with van der Waals surface area (Å²) in [6.07, 6.45) is 7.62. The second-order valence-electron chi connectivity index (χ2n) is 5.07. The number of unbranched alkanes of at least 4 members (excludes halogenated alkanes) is 3. The number of nitrogens with two attached hydrogens (primary N) is 1. The van der Waals surface area contributed by atoms with E-state index in [-0.39, 0.29) is 5.82 Å². The lowest BCUT2D eigenvalue weighted by atomic mass is 10.1. The van der Waals surface area contributed by atoms with Crippen LogP contribution in [0, 0.1) is 5.82 Å². The third kappa shape index (κ3) is 6.48. The molecule has 0 aliphatic heterocycles. The molecule has 1 aromatic carbocycles. The van der Waals surface area contributed by atoms with Crippen molar-refractivity contribution >= 4 is 22.8 Å². The van der Waals surface area contributed by atoms with Crippen molar-refractivity contribution in [3.05, 3.63) is 35.8 Å². The number of benzene rings is 1. The molecule has 0 spiro atoms. The van der Waals surface area contributed by atoms with E-state index >= 15 is 0 Å². The van der Waals surface area contributed by atoms with Gasteiger partial charge in [0.25, 0.3) is 0 Å². The minimum absolute atomic E-state index is 0.165. The lowest BCUT2D eigenvalue weighted by Gasteiger charge is -2.00. The fraction of sp³-hybridized carbons (Fsp3) is 0.375.